The minimum Gasteiger partial charge on any atom is -0.387 e. The molecule has 96 valence electrons. The summed E-state index contributed by atoms with van der Waals surface area (Å²) in [6.07, 6.45) is 0.0254. The number of thiophene rings is 1. The highest BCUT2D eigenvalue weighted by Crippen LogP contribution is 2.29. The highest BCUT2D eigenvalue weighted by atomic mass is 32.1. The minimum absolute atomic E-state index is 0.228. The van der Waals surface area contributed by atoms with E-state index in [0.29, 0.717) is 6.42 Å². The summed E-state index contributed by atoms with van der Waals surface area (Å²) in [5, 5.41) is 10.2. The lowest BCUT2D eigenvalue weighted by molar-refractivity contribution is 0.182. The summed E-state index contributed by atoms with van der Waals surface area (Å²) >= 11 is 1.63. The molecule has 1 N–H and O–H groups in total. The van der Waals surface area contributed by atoms with E-state index in [4.69, 9.17) is 0 Å². The molecule has 0 saturated heterocycles. The monoisotopic (exact) mass is 264 g/mol. The van der Waals surface area contributed by atoms with Crippen molar-refractivity contribution in [2.24, 2.45) is 0 Å². The maximum Gasteiger partial charge on any atom is 0.123 e. The van der Waals surface area contributed by atoms with Gasteiger partial charge in [-0.05, 0) is 55.7 Å². The lowest BCUT2D eigenvalue weighted by atomic mass is 10.0. The molecular weight excluding hydrogens is 247 g/mol. The molecule has 1 aromatic heterocycles. The van der Waals surface area contributed by atoms with Gasteiger partial charge in [0.05, 0.1) is 6.10 Å². The molecule has 1 atom stereocenters. The van der Waals surface area contributed by atoms with Gasteiger partial charge in [0.2, 0.25) is 0 Å². The molecule has 0 spiro atoms. The summed E-state index contributed by atoms with van der Waals surface area (Å²) < 4.78 is 13.0. The number of halogens is 1. The Hall–Kier alpha value is -1.19. The molecule has 0 aliphatic carbocycles. The molecule has 2 rings (SSSR count). The third-order valence-corrected chi connectivity index (χ3v) is 4.49. The molecule has 1 heterocycles. The van der Waals surface area contributed by atoms with Crippen molar-refractivity contribution in [3.63, 3.8) is 0 Å². The molecule has 0 amide bonds. The van der Waals surface area contributed by atoms with Crippen LogP contribution in [-0.2, 0) is 6.42 Å². The Labute approximate surface area is 111 Å². The second-order valence-electron chi connectivity index (χ2n) is 4.68. The zero-order valence-corrected chi connectivity index (χ0v) is 11.6. The Morgan fingerprint density at radius 1 is 1.17 bits per heavy atom. The van der Waals surface area contributed by atoms with E-state index in [2.05, 4.69) is 6.92 Å². The van der Waals surface area contributed by atoms with E-state index in [1.807, 2.05) is 19.9 Å². The van der Waals surface area contributed by atoms with E-state index < -0.39 is 6.10 Å². The van der Waals surface area contributed by atoms with E-state index >= 15 is 0 Å². The molecule has 3 heteroatoms. The molecule has 1 unspecified atom stereocenters. The quantitative estimate of drug-likeness (QED) is 0.885. The van der Waals surface area contributed by atoms with Gasteiger partial charge in [0, 0.05) is 16.2 Å². The molecule has 18 heavy (non-hydrogen) atoms. The van der Waals surface area contributed by atoms with Crippen LogP contribution >= 0.6 is 11.3 Å². The standard InChI is InChI=1S/C15H17FOS/c1-9-7-15(18-11(9)3)14(17)8-12-4-5-13(16)6-10(12)2/h4-7,14,17H,8H2,1-3H3. The van der Waals surface area contributed by atoms with Gasteiger partial charge in [-0.2, -0.15) is 0 Å². The summed E-state index contributed by atoms with van der Waals surface area (Å²) in [4.78, 5) is 2.22. The zero-order chi connectivity index (χ0) is 13.3. The van der Waals surface area contributed by atoms with Crippen LogP contribution in [0.15, 0.2) is 24.3 Å². The lowest BCUT2D eigenvalue weighted by Gasteiger charge is -2.11. The molecule has 1 aromatic carbocycles. The SMILES string of the molecule is Cc1cc(F)ccc1CC(O)c1cc(C)c(C)s1. The summed E-state index contributed by atoms with van der Waals surface area (Å²) in [7, 11) is 0. The van der Waals surface area contributed by atoms with Gasteiger partial charge >= 0.3 is 0 Å². The van der Waals surface area contributed by atoms with Crippen LogP contribution in [-0.4, -0.2) is 5.11 Å². The van der Waals surface area contributed by atoms with Crippen molar-refractivity contribution in [2.45, 2.75) is 33.3 Å². The topological polar surface area (TPSA) is 20.2 Å². The molecule has 0 radical (unpaired) electrons. The maximum atomic E-state index is 13.0. The second-order valence-corrected chi connectivity index (χ2v) is 5.97. The van der Waals surface area contributed by atoms with E-state index in [0.717, 1.165) is 16.0 Å². The van der Waals surface area contributed by atoms with Crippen molar-refractivity contribution in [2.75, 3.05) is 0 Å². The molecule has 0 saturated carbocycles. The number of aliphatic hydroxyl groups excluding tert-OH is 1. The Morgan fingerprint density at radius 2 is 1.89 bits per heavy atom. The van der Waals surface area contributed by atoms with Gasteiger partial charge in [-0.3, -0.25) is 0 Å². The second kappa shape index (κ2) is 5.21. The summed E-state index contributed by atoms with van der Waals surface area (Å²) in [5.41, 5.74) is 3.09. The smallest absolute Gasteiger partial charge is 0.123 e. The Kier molecular flexibility index (Phi) is 3.83. The van der Waals surface area contributed by atoms with Crippen molar-refractivity contribution < 1.29 is 9.50 Å². The molecular formula is C15H17FOS. The van der Waals surface area contributed by atoms with Gasteiger partial charge in [-0.15, -0.1) is 11.3 Å². The lowest BCUT2D eigenvalue weighted by Crippen LogP contribution is -2.01. The predicted octanol–water partition coefficient (Wildman–Crippen LogP) is 4.09. The maximum absolute atomic E-state index is 13.0. The Balaban J connectivity index is 2.18. The minimum atomic E-state index is -0.508. The van der Waals surface area contributed by atoms with Gasteiger partial charge in [0.25, 0.3) is 0 Å². The van der Waals surface area contributed by atoms with Crippen LogP contribution in [0.25, 0.3) is 0 Å². The van der Waals surface area contributed by atoms with Gasteiger partial charge in [0.1, 0.15) is 5.82 Å². The van der Waals surface area contributed by atoms with E-state index in [1.165, 1.54) is 22.6 Å². The largest absolute Gasteiger partial charge is 0.387 e. The summed E-state index contributed by atoms with van der Waals surface area (Å²) in [6.45, 7) is 5.97. The highest BCUT2D eigenvalue weighted by molar-refractivity contribution is 7.12. The van der Waals surface area contributed by atoms with Crippen LogP contribution in [0, 0.1) is 26.6 Å². The van der Waals surface area contributed by atoms with Gasteiger partial charge in [-0.1, -0.05) is 6.07 Å². The Bertz CT molecular complexity index is 540. The fourth-order valence-corrected chi connectivity index (χ4v) is 2.99. The van der Waals surface area contributed by atoms with E-state index in [1.54, 1.807) is 17.4 Å². The average molecular weight is 264 g/mol. The van der Waals surface area contributed by atoms with Crippen LogP contribution in [0.3, 0.4) is 0 Å². The van der Waals surface area contributed by atoms with Gasteiger partial charge in [-0.25, -0.2) is 4.39 Å². The fourth-order valence-electron chi connectivity index (χ4n) is 1.96. The van der Waals surface area contributed by atoms with Crippen molar-refractivity contribution >= 4 is 11.3 Å². The first-order valence-corrected chi connectivity index (χ1v) is 6.79. The van der Waals surface area contributed by atoms with Crippen molar-refractivity contribution in [1.29, 1.82) is 0 Å². The third kappa shape index (κ3) is 2.79. The van der Waals surface area contributed by atoms with Crippen molar-refractivity contribution in [3.05, 3.63) is 56.5 Å². The number of hydrogen-bond donors (Lipinski definition) is 1. The van der Waals surface area contributed by atoms with Gasteiger partial charge < -0.3 is 5.11 Å². The predicted molar refractivity (Wildman–Crippen MR) is 73.6 cm³/mol. The average Bonchev–Trinajstić information content (AvgIpc) is 2.63. The van der Waals surface area contributed by atoms with Crippen LogP contribution in [0.5, 0.6) is 0 Å². The normalized spacial score (nSPS) is 12.7. The number of aryl methyl sites for hydroxylation is 3. The van der Waals surface area contributed by atoms with Crippen molar-refractivity contribution in [1.82, 2.24) is 0 Å². The molecule has 0 bridgehead atoms. The molecule has 0 fully saturated rings. The third-order valence-electron chi connectivity index (χ3n) is 3.23. The van der Waals surface area contributed by atoms with E-state index in [9.17, 15) is 9.50 Å². The van der Waals surface area contributed by atoms with Gasteiger partial charge in [0.15, 0.2) is 0 Å². The first kappa shape index (κ1) is 13.2. The first-order chi connectivity index (χ1) is 8.47. The first-order valence-electron chi connectivity index (χ1n) is 5.97. The zero-order valence-electron chi connectivity index (χ0n) is 10.8. The fraction of sp³-hybridized carbons (Fsp3) is 0.333. The molecule has 0 aliphatic rings. The molecule has 2 aromatic rings. The number of hydrogen-bond acceptors (Lipinski definition) is 2. The molecule has 0 aliphatic heterocycles. The Morgan fingerprint density at radius 3 is 2.44 bits per heavy atom. The van der Waals surface area contributed by atoms with Crippen LogP contribution < -0.4 is 0 Å². The van der Waals surface area contributed by atoms with Crippen molar-refractivity contribution in [3.8, 4) is 0 Å². The molecule has 1 nitrogen and oxygen atoms in total. The van der Waals surface area contributed by atoms with Crippen LogP contribution in [0.4, 0.5) is 4.39 Å². The summed E-state index contributed by atoms with van der Waals surface area (Å²) in [6, 6.07) is 6.73. The number of aliphatic hydroxyl groups is 1. The van der Waals surface area contributed by atoms with E-state index in [-0.39, 0.29) is 5.82 Å². The highest BCUT2D eigenvalue weighted by Gasteiger charge is 2.13. The summed E-state index contributed by atoms with van der Waals surface area (Å²) in [5.74, 6) is -0.228. The van der Waals surface area contributed by atoms with Crippen LogP contribution in [0.1, 0.15) is 32.5 Å². The van der Waals surface area contributed by atoms with Crippen LogP contribution in [0.2, 0.25) is 0 Å². The number of rotatable bonds is 3. The number of benzene rings is 1.